The maximum atomic E-state index is 12.2. The maximum absolute atomic E-state index is 12.2. The summed E-state index contributed by atoms with van der Waals surface area (Å²) in [4.78, 5) is 16.3. The molecule has 3 heteroatoms. The predicted molar refractivity (Wildman–Crippen MR) is 70.1 cm³/mol. The number of ketones is 1. The van der Waals surface area contributed by atoms with Crippen LogP contribution in [0.2, 0.25) is 0 Å². The number of pyridine rings is 1. The monoisotopic (exact) mass is 247 g/mol. The van der Waals surface area contributed by atoms with Crippen LogP contribution >= 0.6 is 11.8 Å². The van der Waals surface area contributed by atoms with E-state index in [-0.39, 0.29) is 0 Å². The van der Waals surface area contributed by atoms with E-state index in [1.165, 1.54) is 12.8 Å². The molecule has 2 nitrogen and oxygen atoms in total. The number of Topliss-reactive ketones (excluding diaryl/α,β-unsaturated/α-hetero) is 1. The standard InChI is InChI=1S/C14H17NOS/c16-14(6-10-2-1-5-15-9-10)11-7-12-3-4-13(8-11)17-12/h1-2,5,9,11-13H,3-4,6-8H2. The molecule has 2 saturated heterocycles. The van der Waals surface area contributed by atoms with Gasteiger partial charge in [0.15, 0.2) is 0 Å². The molecule has 3 heterocycles. The van der Waals surface area contributed by atoms with Crippen LogP contribution in [0, 0.1) is 5.92 Å². The smallest absolute Gasteiger partial charge is 0.140 e. The number of aromatic nitrogens is 1. The number of fused-ring (bicyclic) bond motifs is 2. The Morgan fingerprint density at radius 1 is 1.35 bits per heavy atom. The Morgan fingerprint density at radius 3 is 2.76 bits per heavy atom. The molecule has 0 N–H and O–H groups in total. The van der Waals surface area contributed by atoms with Crippen LogP contribution in [0.4, 0.5) is 0 Å². The van der Waals surface area contributed by atoms with Gasteiger partial charge >= 0.3 is 0 Å². The Bertz CT molecular complexity index is 394. The number of nitrogens with zero attached hydrogens (tertiary/aromatic N) is 1. The normalized spacial score (nSPS) is 31.4. The molecule has 0 amide bonds. The van der Waals surface area contributed by atoms with Crippen molar-refractivity contribution >= 4 is 17.5 Å². The van der Waals surface area contributed by atoms with E-state index in [0.29, 0.717) is 18.1 Å². The quantitative estimate of drug-likeness (QED) is 0.822. The fourth-order valence-electron chi connectivity index (χ4n) is 2.97. The highest BCUT2D eigenvalue weighted by molar-refractivity contribution is 8.00. The predicted octanol–water partition coefficient (Wildman–Crippen LogP) is 2.87. The van der Waals surface area contributed by atoms with Gasteiger partial charge in [0.1, 0.15) is 5.78 Å². The second-order valence-corrected chi connectivity index (χ2v) is 6.74. The molecule has 2 aliphatic rings. The summed E-state index contributed by atoms with van der Waals surface area (Å²) in [5, 5.41) is 1.52. The molecule has 0 radical (unpaired) electrons. The molecular formula is C14H17NOS. The van der Waals surface area contributed by atoms with Crippen LogP contribution in [0.5, 0.6) is 0 Å². The van der Waals surface area contributed by atoms with Gasteiger partial charge in [0.05, 0.1) is 0 Å². The van der Waals surface area contributed by atoms with Gasteiger partial charge < -0.3 is 0 Å². The topological polar surface area (TPSA) is 30.0 Å². The van der Waals surface area contributed by atoms with Gasteiger partial charge in [-0.05, 0) is 37.3 Å². The molecule has 2 bridgehead atoms. The highest BCUT2D eigenvalue weighted by Crippen LogP contribution is 2.46. The van der Waals surface area contributed by atoms with Crippen LogP contribution < -0.4 is 0 Å². The van der Waals surface area contributed by atoms with Crippen molar-refractivity contribution in [3.8, 4) is 0 Å². The van der Waals surface area contributed by atoms with Crippen LogP contribution in [-0.2, 0) is 11.2 Å². The Labute approximate surface area is 106 Å². The van der Waals surface area contributed by atoms with Gasteiger partial charge in [-0.2, -0.15) is 11.8 Å². The Morgan fingerprint density at radius 2 is 2.12 bits per heavy atom. The largest absolute Gasteiger partial charge is 0.299 e. The number of thioether (sulfide) groups is 1. The van der Waals surface area contributed by atoms with Gasteiger partial charge in [-0.25, -0.2) is 0 Å². The fourth-order valence-corrected chi connectivity index (χ4v) is 4.74. The zero-order valence-electron chi connectivity index (χ0n) is 9.84. The average molecular weight is 247 g/mol. The summed E-state index contributed by atoms with van der Waals surface area (Å²) in [7, 11) is 0. The molecule has 2 atom stereocenters. The number of carbonyl (C=O) groups is 1. The first-order chi connectivity index (χ1) is 8.31. The summed E-state index contributed by atoms with van der Waals surface area (Å²) in [5.74, 6) is 0.740. The lowest BCUT2D eigenvalue weighted by atomic mass is 9.91. The van der Waals surface area contributed by atoms with Gasteiger partial charge in [-0.15, -0.1) is 0 Å². The zero-order valence-corrected chi connectivity index (χ0v) is 10.7. The number of hydrogen-bond donors (Lipinski definition) is 0. The van der Waals surface area contributed by atoms with Crippen molar-refractivity contribution in [2.75, 3.05) is 0 Å². The molecule has 2 unspecified atom stereocenters. The van der Waals surface area contributed by atoms with Crippen LogP contribution in [-0.4, -0.2) is 21.3 Å². The van der Waals surface area contributed by atoms with Crippen LogP contribution in [0.25, 0.3) is 0 Å². The zero-order chi connectivity index (χ0) is 11.7. The van der Waals surface area contributed by atoms with Gasteiger partial charge in [-0.1, -0.05) is 6.07 Å². The molecule has 90 valence electrons. The molecule has 3 rings (SSSR count). The molecule has 17 heavy (non-hydrogen) atoms. The number of rotatable bonds is 3. The van der Waals surface area contributed by atoms with Gasteiger partial charge in [0.25, 0.3) is 0 Å². The summed E-state index contributed by atoms with van der Waals surface area (Å²) in [6, 6.07) is 3.90. The number of hydrogen-bond acceptors (Lipinski definition) is 3. The fraction of sp³-hybridized carbons (Fsp3) is 0.571. The first kappa shape index (κ1) is 11.3. The van der Waals surface area contributed by atoms with Crippen LogP contribution in [0.3, 0.4) is 0 Å². The van der Waals surface area contributed by atoms with E-state index in [9.17, 15) is 4.79 Å². The molecule has 2 aliphatic heterocycles. The van der Waals surface area contributed by atoms with Gasteiger partial charge in [0, 0.05) is 35.2 Å². The van der Waals surface area contributed by atoms with Gasteiger partial charge in [0.2, 0.25) is 0 Å². The lowest BCUT2D eigenvalue weighted by Crippen LogP contribution is -2.25. The third kappa shape index (κ3) is 2.54. The van der Waals surface area contributed by atoms with Crippen molar-refractivity contribution in [2.45, 2.75) is 42.6 Å². The Balaban J connectivity index is 1.63. The summed E-state index contributed by atoms with van der Waals surface area (Å²) in [5.41, 5.74) is 1.06. The third-order valence-electron chi connectivity index (χ3n) is 3.85. The highest BCUT2D eigenvalue weighted by atomic mass is 32.2. The second-order valence-electron chi connectivity index (χ2n) is 5.13. The van der Waals surface area contributed by atoms with E-state index < -0.39 is 0 Å². The molecule has 2 fully saturated rings. The minimum atomic E-state index is 0.314. The first-order valence-electron chi connectivity index (χ1n) is 6.38. The van der Waals surface area contributed by atoms with E-state index in [1.54, 1.807) is 6.20 Å². The third-order valence-corrected chi connectivity index (χ3v) is 5.47. The maximum Gasteiger partial charge on any atom is 0.140 e. The molecule has 1 aromatic rings. The van der Waals surface area contributed by atoms with Crippen LogP contribution in [0.1, 0.15) is 31.2 Å². The van der Waals surface area contributed by atoms with Crippen LogP contribution in [0.15, 0.2) is 24.5 Å². The SMILES string of the molecule is O=C(Cc1cccnc1)C1CC2CCC(C1)S2. The molecule has 0 aliphatic carbocycles. The van der Waals surface area contributed by atoms with E-state index in [4.69, 9.17) is 0 Å². The van der Waals surface area contributed by atoms with E-state index in [0.717, 1.165) is 28.9 Å². The van der Waals surface area contributed by atoms with Crippen molar-refractivity contribution in [3.63, 3.8) is 0 Å². The summed E-state index contributed by atoms with van der Waals surface area (Å²) < 4.78 is 0. The average Bonchev–Trinajstić information content (AvgIpc) is 2.69. The van der Waals surface area contributed by atoms with Crippen molar-refractivity contribution in [2.24, 2.45) is 5.92 Å². The van der Waals surface area contributed by atoms with Crippen molar-refractivity contribution in [3.05, 3.63) is 30.1 Å². The first-order valence-corrected chi connectivity index (χ1v) is 7.32. The molecule has 0 aromatic carbocycles. The summed E-state index contributed by atoms with van der Waals surface area (Å²) in [6.45, 7) is 0. The van der Waals surface area contributed by atoms with E-state index in [1.807, 2.05) is 18.3 Å². The van der Waals surface area contributed by atoms with E-state index >= 15 is 0 Å². The lowest BCUT2D eigenvalue weighted by Gasteiger charge is -2.26. The minimum absolute atomic E-state index is 0.314. The van der Waals surface area contributed by atoms with E-state index in [2.05, 4.69) is 16.7 Å². The highest BCUT2D eigenvalue weighted by Gasteiger charge is 2.37. The van der Waals surface area contributed by atoms with Crippen molar-refractivity contribution in [1.82, 2.24) is 4.98 Å². The molecular weight excluding hydrogens is 230 g/mol. The van der Waals surface area contributed by atoms with Gasteiger partial charge in [-0.3, -0.25) is 9.78 Å². The van der Waals surface area contributed by atoms with Crippen molar-refractivity contribution < 1.29 is 4.79 Å². The second kappa shape index (κ2) is 4.81. The number of carbonyl (C=O) groups excluding carboxylic acids is 1. The molecule has 1 aromatic heterocycles. The molecule has 0 saturated carbocycles. The molecule has 0 spiro atoms. The lowest BCUT2D eigenvalue weighted by molar-refractivity contribution is -0.122. The Hall–Kier alpha value is -0.830. The van der Waals surface area contributed by atoms with Crippen molar-refractivity contribution in [1.29, 1.82) is 0 Å². The summed E-state index contributed by atoms with van der Waals surface area (Å²) >= 11 is 2.12. The minimum Gasteiger partial charge on any atom is -0.299 e. The summed E-state index contributed by atoms with van der Waals surface area (Å²) in [6.07, 6.45) is 9.01. The Kier molecular flexibility index (Phi) is 3.19.